The molecule has 0 N–H and O–H groups in total. The van der Waals surface area contributed by atoms with E-state index in [0.717, 1.165) is 0 Å². The molecule has 2 heterocycles. The summed E-state index contributed by atoms with van der Waals surface area (Å²) in [5, 5.41) is 0. The minimum atomic E-state index is 1.26. The van der Waals surface area contributed by atoms with Crippen molar-refractivity contribution in [2.45, 2.75) is 65.7 Å². The maximum atomic E-state index is 2.43. The lowest BCUT2D eigenvalue weighted by molar-refractivity contribution is 0.607. The molecule has 0 atom stereocenters. The van der Waals surface area contributed by atoms with E-state index in [2.05, 4.69) is 39.0 Å². The van der Waals surface area contributed by atoms with Gasteiger partial charge >= 0.3 is 0 Å². The van der Waals surface area contributed by atoms with E-state index in [9.17, 15) is 0 Å². The summed E-state index contributed by atoms with van der Waals surface area (Å²) in [7, 11) is 0. The predicted molar refractivity (Wildman–Crippen MR) is 94.2 cm³/mol. The van der Waals surface area contributed by atoms with Crippen LogP contribution in [0, 0.1) is 13.8 Å². The second-order valence-corrected chi connectivity index (χ2v) is 8.16. The summed E-state index contributed by atoms with van der Waals surface area (Å²) in [5.41, 5.74) is 1.58. The summed E-state index contributed by atoms with van der Waals surface area (Å²) >= 11 is 3.87. The summed E-state index contributed by atoms with van der Waals surface area (Å²) in [4.78, 5) is 5.81. The second kappa shape index (κ2) is 7.99. The Kier molecular flexibility index (Phi) is 6.31. The largest absolute Gasteiger partial charge is 0.140 e. The lowest BCUT2D eigenvalue weighted by Gasteiger charge is -2.00. The first-order valence-electron chi connectivity index (χ1n) is 7.87. The highest BCUT2D eigenvalue weighted by atomic mass is 32.1. The molecule has 0 nitrogen and oxygen atoms in total. The summed E-state index contributed by atoms with van der Waals surface area (Å²) in [5.74, 6) is 0. The van der Waals surface area contributed by atoms with Crippen molar-refractivity contribution in [1.82, 2.24) is 0 Å². The molecule has 0 bridgehead atoms. The zero-order valence-corrected chi connectivity index (χ0v) is 14.6. The molecule has 0 fully saturated rings. The molecule has 2 heteroatoms. The number of thiophene rings is 2. The van der Waals surface area contributed by atoms with Crippen molar-refractivity contribution in [2.75, 3.05) is 0 Å². The van der Waals surface area contributed by atoms with Gasteiger partial charge in [0.1, 0.15) is 0 Å². The van der Waals surface area contributed by atoms with E-state index in [1.807, 2.05) is 22.7 Å². The van der Waals surface area contributed by atoms with Crippen molar-refractivity contribution in [1.29, 1.82) is 0 Å². The smallest absolute Gasteiger partial charge is 0.0448 e. The Morgan fingerprint density at radius 2 is 1.60 bits per heavy atom. The van der Waals surface area contributed by atoms with Crippen LogP contribution in [0.15, 0.2) is 18.2 Å². The molecular formula is C18H26S2. The lowest BCUT2D eigenvalue weighted by Crippen LogP contribution is -1.85. The average molecular weight is 307 g/mol. The highest BCUT2D eigenvalue weighted by Gasteiger charge is 2.08. The van der Waals surface area contributed by atoms with E-state index < -0.39 is 0 Å². The minimum absolute atomic E-state index is 1.26. The van der Waals surface area contributed by atoms with Gasteiger partial charge in [0.15, 0.2) is 0 Å². The van der Waals surface area contributed by atoms with Gasteiger partial charge in [-0.2, -0.15) is 0 Å². The van der Waals surface area contributed by atoms with Crippen LogP contribution >= 0.6 is 22.7 Å². The van der Waals surface area contributed by atoms with Gasteiger partial charge in [0.2, 0.25) is 0 Å². The van der Waals surface area contributed by atoms with E-state index in [-0.39, 0.29) is 0 Å². The van der Waals surface area contributed by atoms with Crippen LogP contribution in [0.25, 0.3) is 9.75 Å². The molecule has 20 heavy (non-hydrogen) atoms. The lowest BCUT2D eigenvalue weighted by atomic mass is 10.1. The van der Waals surface area contributed by atoms with Crippen molar-refractivity contribution < 1.29 is 0 Å². The molecule has 0 saturated heterocycles. The maximum Gasteiger partial charge on any atom is 0.0448 e. The number of rotatable bonds is 8. The number of aryl methyl sites for hydroxylation is 3. The van der Waals surface area contributed by atoms with Gasteiger partial charge in [-0.3, -0.25) is 0 Å². The monoisotopic (exact) mass is 306 g/mol. The SMILES string of the molecule is CCCCCCCCc1cc(-c2ccc(C)s2)sc1C. The Hall–Kier alpha value is -0.600. The minimum Gasteiger partial charge on any atom is -0.140 e. The van der Waals surface area contributed by atoms with Crippen LogP contribution < -0.4 is 0 Å². The van der Waals surface area contributed by atoms with Crippen LogP contribution in [-0.2, 0) is 6.42 Å². The van der Waals surface area contributed by atoms with E-state index in [1.165, 1.54) is 64.5 Å². The van der Waals surface area contributed by atoms with Crippen molar-refractivity contribution in [3.8, 4) is 9.75 Å². The van der Waals surface area contributed by atoms with E-state index in [1.54, 1.807) is 5.56 Å². The van der Waals surface area contributed by atoms with Gasteiger partial charge in [-0.25, -0.2) is 0 Å². The zero-order valence-electron chi connectivity index (χ0n) is 13.0. The van der Waals surface area contributed by atoms with E-state index in [0.29, 0.717) is 0 Å². The first-order chi connectivity index (χ1) is 9.70. The van der Waals surface area contributed by atoms with Crippen LogP contribution in [0.2, 0.25) is 0 Å². The Morgan fingerprint density at radius 1 is 0.850 bits per heavy atom. The third kappa shape index (κ3) is 4.46. The fourth-order valence-corrected chi connectivity index (χ4v) is 4.57. The van der Waals surface area contributed by atoms with Crippen LogP contribution in [0.4, 0.5) is 0 Å². The fourth-order valence-electron chi connectivity index (χ4n) is 2.55. The van der Waals surface area contributed by atoms with Gasteiger partial charge in [-0.1, -0.05) is 39.0 Å². The zero-order chi connectivity index (χ0) is 14.4. The molecule has 0 amide bonds. The molecule has 0 aromatic carbocycles. The second-order valence-electron chi connectivity index (χ2n) is 5.62. The van der Waals surface area contributed by atoms with Gasteiger partial charge in [-0.05, 0) is 50.5 Å². The average Bonchev–Trinajstić information content (AvgIpc) is 3.00. The summed E-state index contributed by atoms with van der Waals surface area (Å²) < 4.78 is 0. The Morgan fingerprint density at radius 3 is 2.30 bits per heavy atom. The van der Waals surface area contributed by atoms with Gasteiger partial charge in [-0.15, -0.1) is 22.7 Å². The molecular weight excluding hydrogens is 280 g/mol. The quantitative estimate of drug-likeness (QED) is 0.461. The van der Waals surface area contributed by atoms with E-state index in [4.69, 9.17) is 0 Å². The number of hydrogen-bond donors (Lipinski definition) is 0. The van der Waals surface area contributed by atoms with Crippen molar-refractivity contribution in [2.24, 2.45) is 0 Å². The van der Waals surface area contributed by atoms with Crippen LogP contribution in [-0.4, -0.2) is 0 Å². The molecule has 0 spiro atoms. The van der Waals surface area contributed by atoms with Gasteiger partial charge in [0.25, 0.3) is 0 Å². The maximum absolute atomic E-state index is 2.43. The molecule has 0 aliphatic carbocycles. The highest BCUT2D eigenvalue weighted by molar-refractivity contribution is 7.22. The topological polar surface area (TPSA) is 0 Å². The van der Waals surface area contributed by atoms with Crippen molar-refractivity contribution in [3.63, 3.8) is 0 Å². The van der Waals surface area contributed by atoms with Crippen molar-refractivity contribution >= 4 is 22.7 Å². The molecule has 0 aliphatic rings. The first kappa shape index (κ1) is 15.8. The van der Waals surface area contributed by atoms with Gasteiger partial charge < -0.3 is 0 Å². The summed E-state index contributed by atoms with van der Waals surface area (Å²) in [6.07, 6.45) is 9.57. The van der Waals surface area contributed by atoms with Gasteiger partial charge in [0.05, 0.1) is 0 Å². The van der Waals surface area contributed by atoms with Crippen LogP contribution in [0.5, 0.6) is 0 Å². The molecule has 2 rings (SSSR count). The highest BCUT2D eigenvalue weighted by Crippen LogP contribution is 2.35. The standard InChI is InChI=1S/C18H26S2/c1-4-5-6-7-8-9-10-16-13-18(20-15(16)3)17-12-11-14(2)19-17/h11-13H,4-10H2,1-3H3. The molecule has 2 aromatic heterocycles. The Bertz CT molecular complexity index is 519. The normalized spacial score (nSPS) is 11.2. The summed E-state index contributed by atoms with van der Waals surface area (Å²) in [6, 6.07) is 6.92. The molecule has 0 aliphatic heterocycles. The molecule has 110 valence electrons. The van der Waals surface area contributed by atoms with Gasteiger partial charge in [0, 0.05) is 19.5 Å². The molecule has 0 unspecified atom stereocenters. The molecule has 0 saturated carbocycles. The molecule has 2 aromatic rings. The summed E-state index contributed by atoms with van der Waals surface area (Å²) in [6.45, 7) is 6.75. The molecule has 0 radical (unpaired) electrons. The van der Waals surface area contributed by atoms with E-state index >= 15 is 0 Å². The number of hydrogen-bond acceptors (Lipinski definition) is 2. The third-order valence-corrected chi connectivity index (χ3v) is 6.09. The van der Waals surface area contributed by atoms with Crippen molar-refractivity contribution in [3.05, 3.63) is 33.5 Å². The Balaban J connectivity index is 1.85. The number of unbranched alkanes of at least 4 members (excludes halogenated alkanes) is 5. The van der Waals surface area contributed by atoms with Crippen LogP contribution in [0.1, 0.15) is 60.8 Å². The third-order valence-electron chi connectivity index (χ3n) is 3.80. The fraction of sp³-hybridized carbons (Fsp3) is 0.556. The Labute approximate surface area is 131 Å². The predicted octanol–water partition coefficient (Wildman–Crippen LogP) is 7.00. The van der Waals surface area contributed by atoms with Crippen LogP contribution in [0.3, 0.4) is 0 Å². The first-order valence-corrected chi connectivity index (χ1v) is 9.50.